The Labute approximate surface area is 132 Å². The van der Waals surface area contributed by atoms with Crippen molar-refractivity contribution < 1.29 is 8.42 Å². The fourth-order valence-electron chi connectivity index (χ4n) is 3.45. The van der Waals surface area contributed by atoms with Crippen molar-refractivity contribution in [2.75, 3.05) is 13.1 Å². The van der Waals surface area contributed by atoms with Crippen LogP contribution in [0.4, 0.5) is 0 Å². The van der Waals surface area contributed by atoms with Crippen LogP contribution in [-0.2, 0) is 10.0 Å². The van der Waals surface area contributed by atoms with E-state index in [-0.39, 0.29) is 6.04 Å². The molecule has 1 aromatic rings. The van der Waals surface area contributed by atoms with Crippen molar-refractivity contribution in [3.63, 3.8) is 0 Å². The molecule has 1 saturated heterocycles. The van der Waals surface area contributed by atoms with Crippen molar-refractivity contribution in [2.24, 2.45) is 17.6 Å². The molecule has 0 bridgehead atoms. The molecule has 20 heavy (non-hydrogen) atoms. The van der Waals surface area contributed by atoms with Crippen molar-refractivity contribution in [3.8, 4) is 0 Å². The first-order valence-electron chi connectivity index (χ1n) is 6.89. The number of rotatable bonds is 2. The van der Waals surface area contributed by atoms with Crippen molar-refractivity contribution >= 4 is 37.3 Å². The lowest BCUT2D eigenvalue weighted by atomic mass is 9.79. The second kappa shape index (κ2) is 5.35. The Hall–Kier alpha value is 0.0500. The van der Waals surface area contributed by atoms with Gasteiger partial charge in [0, 0.05) is 24.0 Å². The maximum absolute atomic E-state index is 12.8. The zero-order chi connectivity index (χ0) is 14.5. The van der Waals surface area contributed by atoms with Crippen molar-refractivity contribution in [2.45, 2.75) is 37.1 Å². The van der Waals surface area contributed by atoms with Crippen LogP contribution in [-0.4, -0.2) is 31.9 Å². The smallest absolute Gasteiger partial charge is 0.244 e. The summed E-state index contributed by atoms with van der Waals surface area (Å²) in [6.45, 7) is 3.15. The van der Waals surface area contributed by atoms with E-state index in [4.69, 9.17) is 5.73 Å². The second-order valence-corrected chi connectivity index (χ2v) is 10.4. The van der Waals surface area contributed by atoms with E-state index in [1.807, 2.05) is 6.92 Å². The first-order chi connectivity index (χ1) is 9.38. The summed E-state index contributed by atoms with van der Waals surface area (Å²) < 4.78 is 28.1. The molecule has 0 amide bonds. The number of halogens is 1. The van der Waals surface area contributed by atoms with E-state index in [2.05, 4.69) is 15.9 Å². The summed E-state index contributed by atoms with van der Waals surface area (Å²) in [5.41, 5.74) is 6.01. The van der Waals surface area contributed by atoms with E-state index >= 15 is 0 Å². The Bertz CT molecular complexity index is 614. The molecule has 1 unspecified atom stereocenters. The van der Waals surface area contributed by atoms with Gasteiger partial charge in [0.05, 0.1) is 8.68 Å². The predicted octanol–water partition coefficient (Wildman–Crippen LogP) is 2.57. The van der Waals surface area contributed by atoms with Crippen LogP contribution < -0.4 is 5.73 Å². The number of hydrogen-bond acceptors (Lipinski definition) is 4. The summed E-state index contributed by atoms with van der Waals surface area (Å²) in [4.78, 5) is 1.31. The van der Waals surface area contributed by atoms with E-state index in [0.717, 1.165) is 27.9 Å². The largest absolute Gasteiger partial charge is 0.328 e. The minimum Gasteiger partial charge on any atom is -0.328 e. The minimum atomic E-state index is -3.35. The SMILES string of the molecule is Cc1sc(Br)cc1S(=O)(=O)N1C[C@H]2CCC(N)C[C@H]2C1. The van der Waals surface area contributed by atoms with Crippen molar-refractivity contribution in [1.82, 2.24) is 4.31 Å². The van der Waals surface area contributed by atoms with Crippen LogP contribution in [0.1, 0.15) is 24.1 Å². The molecule has 7 heteroatoms. The highest BCUT2D eigenvalue weighted by Gasteiger charge is 2.42. The Morgan fingerprint density at radius 3 is 2.70 bits per heavy atom. The van der Waals surface area contributed by atoms with Gasteiger partial charge in [0.1, 0.15) is 0 Å². The summed E-state index contributed by atoms with van der Waals surface area (Å²) in [7, 11) is -3.35. The van der Waals surface area contributed by atoms with Gasteiger partial charge in [-0.1, -0.05) is 0 Å². The monoisotopic (exact) mass is 378 g/mol. The Morgan fingerprint density at radius 1 is 1.35 bits per heavy atom. The molecule has 3 atom stereocenters. The highest BCUT2D eigenvalue weighted by Crippen LogP contribution is 2.39. The van der Waals surface area contributed by atoms with Crippen LogP contribution in [0.25, 0.3) is 0 Å². The van der Waals surface area contributed by atoms with Crippen LogP contribution in [0.2, 0.25) is 0 Å². The van der Waals surface area contributed by atoms with Gasteiger partial charge in [-0.2, -0.15) is 4.31 Å². The molecular weight excluding hydrogens is 360 g/mol. The molecule has 2 heterocycles. The number of hydrogen-bond donors (Lipinski definition) is 1. The molecular formula is C13H19BrN2O2S2. The first kappa shape index (κ1) is 15.0. The summed E-state index contributed by atoms with van der Waals surface area (Å²) >= 11 is 4.84. The van der Waals surface area contributed by atoms with Crippen LogP contribution in [0.3, 0.4) is 0 Å². The number of nitrogens with zero attached hydrogens (tertiary/aromatic N) is 1. The van der Waals surface area contributed by atoms with Gasteiger partial charge in [0.2, 0.25) is 10.0 Å². The Balaban J connectivity index is 1.85. The fourth-order valence-corrected chi connectivity index (χ4v) is 7.38. The van der Waals surface area contributed by atoms with Gasteiger partial charge in [-0.3, -0.25) is 0 Å². The van der Waals surface area contributed by atoms with Gasteiger partial charge < -0.3 is 5.73 Å². The van der Waals surface area contributed by atoms with Crippen LogP contribution in [0.5, 0.6) is 0 Å². The fraction of sp³-hybridized carbons (Fsp3) is 0.692. The first-order valence-corrected chi connectivity index (χ1v) is 9.94. The third-order valence-electron chi connectivity index (χ3n) is 4.52. The van der Waals surface area contributed by atoms with Gasteiger partial charge in [0.25, 0.3) is 0 Å². The van der Waals surface area contributed by atoms with E-state index in [9.17, 15) is 8.42 Å². The van der Waals surface area contributed by atoms with Crippen molar-refractivity contribution in [1.29, 1.82) is 0 Å². The molecule has 1 aromatic heterocycles. The van der Waals surface area contributed by atoms with E-state index in [0.29, 0.717) is 29.8 Å². The Morgan fingerprint density at radius 2 is 2.05 bits per heavy atom. The molecule has 0 aromatic carbocycles. The predicted molar refractivity (Wildman–Crippen MR) is 84.3 cm³/mol. The lowest BCUT2D eigenvalue weighted by Gasteiger charge is -2.28. The lowest BCUT2D eigenvalue weighted by molar-refractivity contribution is 0.271. The summed E-state index contributed by atoms with van der Waals surface area (Å²) in [6.07, 6.45) is 3.05. The molecule has 0 spiro atoms. The zero-order valence-electron chi connectivity index (χ0n) is 11.4. The number of fused-ring (bicyclic) bond motifs is 1. The van der Waals surface area contributed by atoms with Gasteiger partial charge >= 0.3 is 0 Å². The average molecular weight is 379 g/mol. The van der Waals surface area contributed by atoms with Crippen molar-refractivity contribution in [3.05, 3.63) is 14.7 Å². The number of thiophene rings is 1. The highest BCUT2D eigenvalue weighted by atomic mass is 79.9. The van der Waals surface area contributed by atoms with Crippen LogP contribution in [0, 0.1) is 18.8 Å². The summed E-state index contributed by atoms with van der Waals surface area (Å²) in [6, 6.07) is 1.97. The quantitative estimate of drug-likeness (QED) is 0.859. The van der Waals surface area contributed by atoms with E-state index < -0.39 is 10.0 Å². The van der Waals surface area contributed by atoms with E-state index in [1.165, 1.54) is 11.3 Å². The van der Waals surface area contributed by atoms with E-state index in [1.54, 1.807) is 10.4 Å². The standard InChI is InChI=1S/C13H19BrN2O2S2/c1-8-12(5-13(14)19-8)20(17,18)16-6-9-2-3-11(15)4-10(9)7-16/h5,9-11H,2-4,6-7,15H2,1H3/t9-,10+,11?/m1/s1. The summed E-state index contributed by atoms with van der Waals surface area (Å²) in [5.74, 6) is 0.933. The maximum atomic E-state index is 12.8. The van der Waals surface area contributed by atoms with Crippen LogP contribution >= 0.6 is 27.3 Å². The van der Waals surface area contributed by atoms with Gasteiger partial charge in [-0.15, -0.1) is 11.3 Å². The van der Waals surface area contributed by atoms with Gasteiger partial charge in [0.15, 0.2) is 0 Å². The molecule has 1 saturated carbocycles. The molecule has 1 aliphatic heterocycles. The molecule has 0 radical (unpaired) electrons. The molecule has 112 valence electrons. The number of sulfonamides is 1. The molecule has 2 fully saturated rings. The number of nitrogens with two attached hydrogens (primary N) is 1. The maximum Gasteiger partial charge on any atom is 0.244 e. The number of aryl methyl sites for hydroxylation is 1. The summed E-state index contributed by atoms with van der Waals surface area (Å²) in [5, 5.41) is 0. The normalized spacial score (nSPS) is 31.4. The zero-order valence-corrected chi connectivity index (χ0v) is 14.6. The topological polar surface area (TPSA) is 63.4 Å². The highest BCUT2D eigenvalue weighted by molar-refractivity contribution is 9.11. The molecule has 4 nitrogen and oxygen atoms in total. The lowest BCUT2D eigenvalue weighted by Crippen LogP contribution is -2.32. The second-order valence-electron chi connectivity index (χ2n) is 5.89. The molecule has 3 rings (SSSR count). The third kappa shape index (κ3) is 2.59. The third-order valence-corrected chi connectivity index (χ3v) is 8.16. The average Bonchev–Trinajstić information content (AvgIpc) is 2.92. The molecule has 1 aliphatic carbocycles. The van der Waals surface area contributed by atoms with Gasteiger partial charge in [-0.25, -0.2) is 8.42 Å². The Kier molecular flexibility index (Phi) is 4.01. The van der Waals surface area contributed by atoms with Gasteiger partial charge in [-0.05, 0) is 60.0 Å². The minimum absolute atomic E-state index is 0.246. The molecule has 2 N–H and O–H groups in total. The van der Waals surface area contributed by atoms with Crippen LogP contribution in [0.15, 0.2) is 14.7 Å². The molecule has 2 aliphatic rings.